The van der Waals surface area contributed by atoms with Gasteiger partial charge in [-0.05, 0) is 55.6 Å². The minimum absolute atomic E-state index is 0.153. The molecule has 4 heteroatoms. The minimum atomic E-state index is -0.732. The molecule has 1 N–H and O–H groups in total. The molecule has 2 fully saturated rings. The van der Waals surface area contributed by atoms with Crippen LogP contribution in [0.4, 0.5) is 0 Å². The number of likely N-dealkylation sites (tertiary alicyclic amines) is 1. The fraction of sp³-hybridized carbons (Fsp3) is 0.714. The number of piperidine rings is 1. The summed E-state index contributed by atoms with van der Waals surface area (Å²) in [5.41, 5.74) is 0.449. The highest BCUT2D eigenvalue weighted by atomic mass is 16.3. The largest absolute Gasteiger partial charge is 0.389 e. The number of aromatic nitrogens is 1. The van der Waals surface area contributed by atoms with Crippen molar-refractivity contribution in [1.82, 2.24) is 9.88 Å². The second-order valence-corrected chi connectivity index (χ2v) is 9.16. The lowest BCUT2D eigenvalue weighted by Crippen LogP contribution is -2.50. The summed E-state index contributed by atoms with van der Waals surface area (Å²) < 4.78 is 0. The van der Waals surface area contributed by atoms with Gasteiger partial charge < -0.3 is 10.0 Å². The first kappa shape index (κ1) is 18.4. The molecule has 2 heterocycles. The number of carbonyl (C=O) groups is 1. The van der Waals surface area contributed by atoms with E-state index in [1.165, 1.54) is 6.42 Å². The maximum atomic E-state index is 13.0. The van der Waals surface area contributed by atoms with Crippen LogP contribution in [0, 0.1) is 17.3 Å². The fourth-order valence-corrected chi connectivity index (χ4v) is 4.95. The molecule has 2 atom stereocenters. The second-order valence-electron chi connectivity index (χ2n) is 9.16. The molecule has 1 saturated carbocycles. The normalized spacial score (nSPS) is 28.6. The lowest BCUT2D eigenvalue weighted by Gasteiger charge is -2.43. The van der Waals surface area contributed by atoms with Gasteiger partial charge in [-0.25, -0.2) is 0 Å². The molecular weight excluding hydrogens is 312 g/mol. The van der Waals surface area contributed by atoms with Crippen LogP contribution in [-0.4, -0.2) is 39.6 Å². The van der Waals surface area contributed by atoms with Gasteiger partial charge in [0.15, 0.2) is 0 Å². The van der Waals surface area contributed by atoms with Crippen molar-refractivity contribution < 1.29 is 9.90 Å². The van der Waals surface area contributed by atoms with Gasteiger partial charge in [0, 0.05) is 37.3 Å². The lowest BCUT2D eigenvalue weighted by molar-refractivity contribution is -0.142. The van der Waals surface area contributed by atoms with Crippen molar-refractivity contribution >= 4 is 5.91 Å². The number of hydrogen-bond acceptors (Lipinski definition) is 3. The highest BCUT2D eigenvalue weighted by molar-refractivity contribution is 5.79. The molecule has 3 rings (SSSR count). The average molecular weight is 344 g/mol. The molecule has 1 aromatic heterocycles. The van der Waals surface area contributed by atoms with Crippen LogP contribution in [0.3, 0.4) is 0 Å². The lowest BCUT2D eigenvalue weighted by atomic mass is 9.67. The zero-order chi connectivity index (χ0) is 18.1. The summed E-state index contributed by atoms with van der Waals surface area (Å²) in [6.45, 7) is 8.15. The van der Waals surface area contributed by atoms with E-state index in [2.05, 4.69) is 25.8 Å². The zero-order valence-electron chi connectivity index (χ0n) is 15.9. The van der Waals surface area contributed by atoms with Crippen molar-refractivity contribution in [3.8, 4) is 0 Å². The number of rotatable bonds is 3. The minimum Gasteiger partial charge on any atom is -0.389 e. The molecule has 0 radical (unpaired) electrons. The molecule has 2 unspecified atom stereocenters. The third-order valence-corrected chi connectivity index (χ3v) is 5.98. The van der Waals surface area contributed by atoms with Crippen LogP contribution < -0.4 is 0 Å². The highest BCUT2D eigenvalue weighted by Gasteiger charge is 2.40. The Morgan fingerprint density at radius 1 is 1.28 bits per heavy atom. The maximum absolute atomic E-state index is 13.0. The van der Waals surface area contributed by atoms with Gasteiger partial charge >= 0.3 is 0 Å². The zero-order valence-corrected chi connectivity index (χ0v) is 15.9. The van der Waals surface area contributed by atoms with Gasteiger partial charge in [-0.3, -0.25) is 9.78 Å². The van der Waals surface area contributed by atoms with Gasteiger partial charge in [-0.15, -0.1) is 0 Å². The average Bonchev–Trinajstić information content (AvgIpc) is 2.54. The third-order valence-electron chi connectivity index (χ3n) is 5.98. The number of aliphatic hydroxyl groups is 1. The first-order valence-electron chi connectivity index (χ1n) is 9.67. The van der Waals surface area contributed by atoms with E-state index in [1.54, 1.807) is 6.20 Å². The van der Waals surface area contributed by atoms with Crippen LogP contribution in [0.25, 0.3) is 0 Å². The van der Waals surface area contributed by atoms with Crippen LogP contribution in [0.15, 0.2) is 24.4 Å². The van der Waals surface area contributed by atoms with Crippen molar-refractivity contribution in [2.75, 3.05) is 13.1 Å². The first-order chi connectivity index (χ1) is 11.8. The molecule has 0 bridgehead atoms. The summed E-state index contributed by atoms with van der Waals surface area (Å²) in [5, 5.41) is 10.9. The molecule has 2 aliphatic rings. The van der Waals surface area contributed by atoms with Gasteiger partial charge in [-0.1, -0.05) is 26.8 Å². The molecule has 1 aliphatic heterocycles. The number of nitrogens with zero attached hydrogens (tertiary/aromatic N) is 2. The Kier molecular flexibility index (Phi) is 5.19. The third kappa shape index (κ3) is 4.60. The van der Waals surface area contributed by atoms with Gasteiger partial charge in [0.2, 0.25) is 5.91 Å². The molecule has 4 nitrogen and oxygen atoms in total. The second kappa shape index (κ2) is 7.06. The topological polar surface area (TPSA) is 53.4 Å². The van der Waals surface area contributed by atoms with E-state index in [4.69, 9.17) is 0 Å². The standard InChI is InChI=1S/C21H32N2O2/c1-16-12-17(14-20(2,3)13-16)19(24)23-10-7-21(25,8-11-23)15-18-6-4-5-9-22-18/h4-6,9,16-17,25H,7-8,10-15H2,1-3H3. The fourth-order valence-electron chi connectivity index (χ4n) is 4.95. The molecule has 25 heavy (non-hydrogen) atoms. The SMILES string of the molecule is CC1CC(C(=O)N2CCC(O)(Cc3ccccn3)CC2)CC(C)(C)C1. The summed E-state index contributed by atoms with van der Waals surface area (Å²) in [6.07, 6.45) is 6.83. The molecule has 1 aliphatic carbocycles. The summed E-state index contributed by atoms with van der Waals surface area (Å²) in [5.74, 6) is 1.07. The van der Waals surface area contributed by atoms with Crippen LogP contribution >= 0.6 is 0 Å². The van der Waals surface area contributed by atoms with E-state index in [9.17, 15) is 9.90 Å². The van der Waals surface area contributed by atoms with E-state index >= 15 is 0 Å². The highest BCUT2D eigenvalue weighted by Crippen LogP contribution is 2.42. The number of hydrogen-bond donors (Lipinski definition) is 1. The first-order valence-corrected chi connectivity index (χ1v) is 9.67. The molecule has 0 aromatic carbocycles. The quantitative estimate of drug-likeness (QED) is 0.914. The van der Waals surface area contributed by atoms with E-state index in [0.717, 1.165) is 18.5 Å². The smallest absolute Gasteiger partial charge is 0.225 e. The van der Waals surface area contributed by atoms with Gasteiger partial charge in [0.25, 0.3) is 0 Å². The monoisotopic (exact) mass is 344 g/mol. The number of carbonyl (C=O) groups excluding carboxylic acids is 1. The van der Waals surface area contributed by atoms with Crippen LogP contribution in [0.5, 0.6) is 0 Å². The summed E-state index contributed by atoms with van der Waals surface area (Å²) in [6, 6.07) is 5.80. The molecule has 1 saturated heterocycles. The van der Waals surface area contributed by atoms with Crippen LogP contribution in [0.1, 0.15) is 58.6 Å². The molecular formula is C21H32N2O2. The summed E-state index contributed by atoms with van der Waals surface area (Å²) in [4.78, 5) is 19.3. The van der Waals surface area contributed by atoms with E-state index < -0.39 is 5.60 Å². The van der Waals surface area contributed by atoms with Crippen molar-refractivity contribution in [3.63, 3.8) is 0 Å². The van der Waals surface area contributed by atoms with Crippen molar-refractivity contribution in [3.05, 3.63) is 30.1 Å². The number of pyridine rings is 1. The van der Waals surface area contributed by atoms with Gasteiger partial charge in [0.1, 0.15) is 0 Å². The Morgan fingerprint density at radius 3 is 2.60 bits per heavy atom. The van der Waals surface area contributed by atoms with Gasteiger partial charge in [0.05, 0.1) is 5.60 Å². The van der Waals surface area contributed by atoms with E-state index in [1.807, 2.05) is 23.1 Å². The number of amides is 1. The predicted molar refractivity (Wildman–Crippen MR) is 99.0 cm³/mol. The maximum Gasteiger partial charge on any atom is 0.225 e. The summed E-state index contributed by atoms with van der Waals surface area (Å²) >= 11 is 0. The predicted octanol–water partition coefficient (Wildman–Crippen LogP) is 3.44. The van der Waals surface area contributed by atoms with Gasteiger partial charge in [-0.2, -0.15) is 0 Å². The Morgan fingerprint density at radius 2 is 2.00 bits per heavy atom. The van der Waals surface area contributed by atoms with Crippen molar-refractivity contribution in [2.45, 2.75) is 64.9 Å². The van der Waals surface area contributed by atoms with E-state index in [0.29, 0.717) is 44.2 Å². The molecule has 1 amide bonds. The molecule has 138 valence electrons. The van der Waals surface area contributed by atoms with Crippen molar-refractivity contribution in [1.29, 1.82) is 0 Å². The van der Waals surface area contributed by atoms with Crippen LogP contribution in [0.2, 0.25) is 0 Å². The van der Waals surface area contributed by atoms with Crippen LogP contribution in [-0.2, 0) is 11.2 Å². The summed E-state index contributed by atoms with van der Waals surface area (Å²) in [7, 11) is 0. The Labute approximate surface area is 151 Å². The molecule has 0 spiro atoms. The van der Waals surface area contributed by atoms with Crippen molar-refractivity contribution in [2.24, 2.45) is 17.3 Å². The van der Waals surface area contributed by atoms with E-state index in [-0.39, 0.29) is 11.3 Å². The molecule has 1 aromatic rings. The Balaban J connectivity index is 1.57. The Hall–Kier alpha value is -1.42. The Bertz CT molecular complexity index is 591.